The van der Waals surface area contributed by atoms with Crippen LogP contribution < -0.4 is 16.0 Å². The summed E-state index contributed by atoms with van der Waals surface area (Å²) in [5, 5.41) is 10.4. The highest BCUT2D eigenvalue weighted by Crippen LogP contribution is 2.26. The van der Waals surface area contributed by atoms with Gasteiger partial charge in [0.2, 0.25) is 6.41 Å². The third-order valence-corrected chi connectivity index (χ3v) is 5.77. The average molecular weight is 404 g/mol. The quantitative estimate of drug-likeness (QED) is 0.606. The topological polar surface area (TPSA) is 70.2 Å². The van der Waals surface area contributed by atoms with Crippen molar-refractivity contribution >= 4 is 29.3 Å². The molecule has 0 fully saturated rings. The van der Waals surface area contributed by atoms with E-state index in [2.05, 4.69) is 54.9 Å². The van der Waals surface area contributed by atoms with Crippen LogP contribution in [0.1, 0.15) is 72.0 Å². The van der Waals surface area contributed by atoms with Crippen LogP contribution in [-0.2, 0) is 17.9 Å². The van der Waals surface area contributed by atoms with Crippen LogP contribution >= 0.6 is 11.3 Å². The molecule has 2 aromatic rings. The van der Waals surface area contributed by atoms with Crippen molar-refractivity contribution in [3.63, 3.8) is 0 Å². The Morgan fingerprint density at radius 1 is 1.32 bits per heavy atom. The lowest BCUT2D eigenvalue weighted by molar-refractivity contribution is -0.109. The van der Waals surface area contributed by atoms with Crippen molar-refractivity contribution in [1.29, 1.82) is 0 Å². The maximum absolute atomic E-state index is 11.2. The Bertz CT molecular complexity index is 771. The number of thiophene rings is 1. The molecular formula is C22H33N3O2S. The number of benzene rings is 1. The Hall–Kier alpha value is -2.34. The van der Waals surface area contributed by atoms with Crippen LogP contribution in [0.2, 0.25) is 0 Å². The Morgan fingerprint density at radius 2 is 2.04 bits per heavy atom. The third kappa shape index (κ3) is 6.09. The van der Waals surface area contributed by atoms with Crippen LogP contribution in [0.5, 0.6) is 0 Å². The van der Waals surface area contributed by atoms with E-state index in [1.165, 1.54) is 34.6 Å². The van der Waals surface area contributed by atoms with Crippen LogP contribution in [0.25, 0.3) is 0 Å². The van der Waals surface area contributed by atoms with Crippen molar-refractivity contribution in [1.82, 2.24) is 10.6 Å². The number of nitrogens with one attached hydrogen (secondary N) is 3. The molecule has 0 saturated heterocycles. The highest BCUT2D eigenvalue weighted by molar-refractivity contribution is 7.12. The summed E-state index contributed by atoms with van der Waals surface area (Å²) in [5.41, 5.74) is 6.14. The first-order chi connectivity index (χ1) is 13.5. The molecule has 3 rings (SSSR count). The van der Waals surface area contributed by atoms with Gasteiger partial charge in [0.05, 0.1) is 4.88 Å². The predicted molar refractivity (Wildman–Crippen MR) is 119 cm³/mol. The second-order valence-electron chi connectivity index (χ2n) is 6.38. The van der Waals surface area contributed by atoms with E-state index in [1.807, 2.05) is 26.3 Å². The van der Waals surface area contributed by atoms with Gasteiger partial charge in [-0.3, -0.25) is 9.59 Å². The van der Waals surface area contributed by atoms with Gasteiger partial charge >= 0.3 is 0 Å². The lowest BCUT2D eigenvalue weighted by Gasteiger charge is -2.14. The zero-order valence-electron chi connectivity index (χ0n) is 17.8. The molecule has 6 heteroatoms. The van der Waals surface area contributed by atoms with Crippen molar-refractivity contribution in [3.05, 3.63) is 50.7 Å². The van der Waals surface area contributed by atoms with Crippen LogP contribution in [0.15, 0.2) is 23.6 Å². The number of anilines is 1. The van der Waals surface area contributed by atoms with Gasteiger partial charge in [-0.25, -0.2) is 0 Å². The fraction of sp³-hybridized carbons (Fsp3) is 0.455. The lowest BCUT2D eigenvalue weighted by Crippen LogP contribution is -2.13. The molecule has 0 saturated carbocycles. The molecule has 0 aliphatic carbocycles. The van der Waals surface area contributed by atoms with E-state index in [0.717, 1.165) is 16.0 Å². The van der Waals surface area contributed by atoms with Gasteiger partial charge in [0.1, 0.15) is 0 Å². The molecule has 0 bridgehead atoms. The van der Waals surface area contributed by atoms with Gasteiger partial charge in [-0.2, -0.15) is 0 Å². The van der Waals surface area contributed by atoms with E-state index in [0.29, 0.717) is 25.4 Å². The summed E-state index contributed by atoms with van der Waals surface area (Å²) in [6.45, 7) is 11.8. The minimum atomic E-state index is -0.00245. The van der Waals surface area contributed by atoms with E-state index < -0.39 is 0 Å². The van der Waals surface area contributed by atoms with E-state index in [-0.39, 0.29) is 5.91 Å². The fourth-order valence-electron chi connectivity index (χ4n) is 2.90. The van der Waals surface area contributed by atoms with Gasteiger partial charge in [-0.1, -0.05) is 33.8 Å². The van der Waals surface area contributed by atoms with Gasteiger partial charge in [0, 0.05) is 25.8 Å². The molecule has 2 heterocycles. The average Bonchev–Trinajstić information content (AvgIpc) is 3.31. The molecule has 2 amide bonds. The standard InChI is InChI=1S/C12H19N.C8H8N2O2S.C2H6/c1-5-9(2)12-8-11(13-4)7-6-10(12)3;11-4-9-1-5-3-13-7-6(5)2-10-8(7)12;1-2/h6-9,13H,5H2,1-4H3;3-4H,1-2H2,(H,9,11)(H,10,12);1-2H3. The summed E-state index contributed by atoms with van der Waals surface area (Å²) in [5.74, 6) is 0.658. The lowest BCUT2D eigenvalue weighted by atomic mass is 9.94. The van der Waals surface area contributed by atoms with Crippen molar-refractivity contribution in [2.45, 2.75) is 60.0 Å². The molecule has 5 nitrogen and oxygen atoms in total. The largest absolute Gasteiger partial charge is 0.388 e. The Kier molecular flexibility index (Phi) is 10.3. The second-order valence-corrected chi connectivity index (χ2v) is 7.26. The van der Waals surface area contributed by atoms with E-state index >= 15 is 0 Å². The minimum Gasteiger partial charge on any atom is -0.388 e. The van der Waals surface area contributed by atoms with Crippen molar-refractivity contribution in [2.75, 3.05) is 12.4 Å². The molecule has 28 heavy (non-hydrogen) atoms. The van der Waals surface area contributed by atoms with Crippen LogP contribution in [0.4, 0.5) is 5.69 Å². The van der Waals surface area contributed by atoms with Crippen molar-refractivity contribution in [3.8, 4) is 0 Å². The predicted octanol–water partition coefficient (Wildman–Crippen LogP) is 4.81. The molecule has 1 unspecified atom stereocenters. The molecule has 3 N–H and O–H groups in total. The summed E-state index contributed by atoms with van der Waals surface area (Å²) in [7, 11) is 1.96. The van der Waals surface area contributed by atoms with E-state index in [9.17, 15) is 9.59 Å². The first-order valence-corrected chi connectivity index (χ1v) is 10.7. The van der Waals surface area contributed by atoms with Gasteiger partial charge in [-0.05, 0) is 59.0 Å². The zero-order chi connectivity index (χ0) is 21.1. The first-order valence-electron chi connectivity index (χ1n) is 9.84. The molecule has 0 spiro atoms. The fourth-order valence-corrected chi connectivity index (χ4v) is 3.91. The van der Waals surface area contributed by atoms with Gasteiger partial charge in [0.25, 0.3) is 5.91 Å². The Balaban J connectivity index is 0.000000257. The zero-order valence-corrected chi connectivity index (χ0v) is 18.6. The van der Waals surface area contributed by atoms with Gasteiger partial charge < -0.3 is 16.0 Å². The summed E-state index contributed by atoms with van der Waals surface area (Å²) in [6.07, 6.45) is 1.86. The highest BCUT2D eigenvalue weighted by Gasteiger charge is 2.23. The van der Waals surface area contributed by atoms with Gasteiger partial charge in [-0.15, -0.1) is 11.3 Å². The summed E-state index contributed by atoms with van der Waals surface area (Å²) < 4.78 is 0. The molecule has 1 aliphatic heterocycles. The van der Waals surface area contributed by atoms with Gasteiger partial charge in [0.15, 0.2) is 0 Å². The minimum absolute atomic E-state index is 0.00245. The molecular weight excluding hydrogens is 370 g/mol. The maximum Gasteiger partial charge on any atom is 0.261 e. The monoisotopic (exact) mass is 403 g/mol. The number of hydrogen-bond donors (Lipinski definition) is 3. The molecule has 1 aromatic carbocycles. The molecule has 154 valence electrons. The van der Waals surface area contributed by atoms with Crippen LogP contribution in [0.3, 0.4) is 0 Å². The number of rotatable bonds is 6. The number of aryl methyl sites for hydroxylation is 1. The number of carbonyl (C=O) groups is 2. The van der Waals surface area contributed by atoms with E-state index in [1.54, 1.807) is 0 Å². The van der Waals surface area contributed by atoms with Crippen LogP contribution in [-0.4, -0.2) is 19.4 Å². The number of carbonyl (C=O) groups excluding carboxylic acids is 2. The smallest absolute Gasteiger partial charge is 0.261 e. The highest BCUT2D eigenvalue weighted by atomic mass is 32.1. The normalized spacial score (nSPS) is 12.4. The summed E-state index contributed by atoms with van der Waals surface area (Å²) in [6, 6.07) is 6.57. The van der Waals surface area contributed by atoms with Crippen molar-refractivity contribution < 1.29 is 9.59 Å². The summed E-state index contributed by atoms with van der Waals surface area (Å²) in [4.78, 5) is 22.0. The Morgan fingerprint density at radius 3 is 2.64 bits per heavy atom. The van der Waals surface area contributed by atoms with E-state index in [4.69, 9.17) is 0 Å². The number of hydrogen-bond acceptors (Lipinski definition) is 4. The molecule has 0 radical (unpaired) electrons. The molecule has 1 aliphatic rings. The van der Waals surface area contributed by atoms with Crippen LogP contribution in [0, 0.1) is 6.92 Å². The summed E-state index contributed by atoms with van der Waals surface area (Å²) >= 11 is 1.43. The van der Waals surface area contributed by atoms with Crippen molar-refractivity contribution in [2.24, 2.45) is 0 Å². The number of amides is 2. The number of fused-ring (bicyclic) bond motifs is 1. The SMILES string of the molecule is CC.CCC(C)c1cc(NC)ccc1C.O=CNCc1csc2c1CNC2=O. The maximum atomic E-state index is 11.2. The molecule has 1 aromatic heterocycles. The first kappa shape index (κ1) is 23.7. The molecule has 1 atom stereocenters. The second kappa shape index (κ2) is 12.2. The third-order valence-electron chi connectivity index (χ3n) is 4.70. The Labute approximate surface area is 172 Å².